The van der Waals surface area contributed by atoms with Crippen LogP contribution in [0.25, 0.3) is 5.69 Å². The van der Waals surface area contributed by atoms with Crippen molar-refractivity contribution in [3.05, 3.63) is 63.1 Å². The fourth-order valence-corrected chi connectivity index (χ4v) is 4.35. The lowest BCUT2D eigenvalue weighted by Crippen LogP contribution is -2.19. The minimum Gasteiger partial charge on any atom is -0.293 e. The summed E-state index contributed by atoms with van der Waals surface area (Å²) in [5, 5.41) is 8.43. The maximum Gasteiger partial charge on any atom is 0.299 e. The Balaban J connectivity index is 2.04. The Bertz CT molecular complexity index is 1410. The van der Waals surface area contributed by atoms with Crippen molar-refractivity contribution < 1.29 is 25.9 Å². The minimum absolute atomic E-state index is 0.0888. The predicted octanol–water partition coefficient (Wildman–Crippen LogP) is 2.69. The Morgan fingerprint density at radius 1 is 1.03 bits per heavy atom. The van der Waals surface area contributed by atoms with E-state index in [1.54, 1.807) is 0 Å². The molecule has 11 nitrogen and oxygen atoms in total. The van der Waals surface area contributed by atoms with Gasteiger partial charge in [0.15, 0.2) is 5.69 Å². The van der Waals surface area contributed by atoms with E-state index in [0.29, 0.717) is 0 Å². The average molecular weight is 509 g/mol. The maximum absolute atomic E-state index is 12.7. The number of hydrogen-bond donors (Lipinski definition) is 3. The number of azo groups is 1. The quantitative estimate of drug-likeness (QED) is 0.316. The van der Waals surface area contributed by atoms with Gasteiger partial charge in [0.1, 0.15) is 10.6 Å². The molecule has 15 heteroatoms. The number of alkyl halides is 2. The lowest BCUT2D eigenvalue weighted by molar-refractivity contribution is 0.482. The van der Waals surface area contributed by atoms with Crippen molar-refractivity contribution in [2.75, 3.05) is 0 Å². The normalized spacial score (nSPS) is 20.0. The summed E-state index contributed by atoms with van der Waals surface area (Å²) in [6, 6.07) is 4.94. The van der Waals surface area contributed by atoms with Gasteiger partial charge in [-0.25, -0.2) is 4.68 Å². The minimum atomic E-state index is -4.69. The van der Waals surface area contributed by atoms with Gasteiger partial charge in [0, 0.05) is 0 Å². The number of aromatic nitrogens is 2. The topological polar surface area (TPSA) is 171 Å². The molecule has 2 aromatic rings. The third-order valence-corrected chi connectivity index (χ3v) is 6.81. The van der Waals surface area contributed by atoms with Crippen LogP contribution in [0.15, 0.2) is 66.9 Å². The van der Waals surface area contributed by atoms with Crippen LogP contribution in [-0.2, 0) is 20.2 Å². The van der Waals surface area contributed by atoms with Crippen LogP contribution in [-0.4, -0.2) is 46.5 Å². The first-order valence-corrected chi connectivity index (χ1v) is 12.1. The molecule has 0 amide bonds. The standard InChI is InChI=1S/C16H14Cl2N4O7S2/c1-8-15(20-19-13-6-11(17)12(18)7-14(13)31(27,28)29)16(23)22(21-8)9-3-2-4-10(5-9)30(24,25)26/h2-7,11-12,21H,1H3,(H,24,25,26)(H,27,28,29). The lowest BCUT2D eigenvalue weighted by Gasteiger charge is -2.17. The Morgan fingerprint density at radius 2 is 1.68 bits per heavy atom. The smallest absolute Gasteiger partial charge is 0.293 e. The predicted molar refractivity (Wildman–Crippen MR) is 112 cm³/mol. The largest absolute Gasteiger partial charge is 0.299 e. The zero-order chi connectivity index (χ0) is 23.1. The average Bonchev–Trinajstić information content (AvgIpc) is 2.95. The van der Waals surface area contributed by atoms with Crippen molar-refractivity contribution in [3.63, 3.8) is 0 Å². The number of rotatable bonds is 5. The van der Waals surface area contributed by atoms with E-state index in [1.165, 1.54) is 25.1 Å². The summed E-state index contributed by atoms with van der Waals surface area (Å²) in [5.41, 5.74) is -0.949. The molecule has 0 saturated carbocycles. The molecule has 3 rings (SSSR count). The Kier molecular flexibility index (Phi) is 6.28. The fourth-order valence-electron chi connectivity index (χ4n) is 2.67. The van der Waals surface area contributed by atoms with E-state index in [4.69, 9.17) is 23.2 Å². The molecule has 3 N–H and O–H groups in total. The van der Waals surface area contributed by atoms with Crippen LogP contribution in [0, 0.1) is 6.92 Å². The van der Waals surface area contributed by atoms with Gasteiger partial charge < -0.3 is 0 Å². The van der Waals surface area contributed by atoms with E-state index >= 15 is 0 Å². The van der Waals surface area contributed by atoms with Crippen molar-refractivity contribution in [1.82, 2.24) is 9.78 Å². The molecular weight excluding hydrogens is 495 g/mol. The third kappa shape index (κ3) is 4.97. The van der Waals surface area contributed by atoms with Crippen LogP contribution in [0.4, 0.5) is 5.69 Å². The Labute approximate surface area is 186 Å². The van der Waals surface area contributed by atoms with E-state index in [1.807, 2.05) is 0 Å². The number of hydrogen-bond acceptors (Lipinski definition) is 7. The van der Waals surface area contributed by atoms with Crippen molar-refractivity contribution in [1.29, 1.82) is 0 Å². The van der Waals surface area contributed by atoms with Crippen molar-refractivity contribution in [2.24, 2.45) is 10.2 Å². The highest BCUT2D eigenvalue weighted by Crippen LogP contribution is 2.30. The highest BCUT2D eigenvalue weighted by molar-refractivity contribution is 7.90. The van der Waals surface area contributed by atoms with Gasteiger partial charge in [0.2, 0.25) is 0 Å². The molecule has 0 aliphatic heterocycles. The monoisotopic (exact) mass is 508 g/mol. The first-order valence-electron chi connectivity index (χ1n) is 8.30. The Hall–Kier alpha value is -2.29. The molecule has 0 spiro atoms. The molecule has 31 heavy (non-hydrogen) atoms. The number of H-pyrrole nitrogens is 1. The van der Waals surface area contributed by atoms with Crippen LogP contribution < -0.4 is 5.56 Å². The number of benzene rings is 1. The first-order chi connectivity index (χ1) is 14.3. The third-order valence-electron chi connectivity index (χ3n) is 4.13. The SMILES string of the molecule is Cc1[nH]n(-c2cccc(S(=O)(=O)O)c2)c(=O)c1N=NC1=CC(Cl)C(Cl)C=C1S(=O)(=O)O. The van der Waals surface area contributed by atoms with Gasteiger partial charge in [-0.05, 0) is 37.3 Å². The molecule has 2 atom stereocenters. The van der Waals surface area contributed by atoms with Crippen molar-refractivity contribution in [2.45, 2.75) is 22.6 Å². The highest BCUT2D eigenvalue weighted by Gasteiger charge is 2.29. The molecule has 1 aliphatic rings. The molecule has 1 aromatic carbocycles. The second kappa shape index (κ2) is 8.33. The number of aromatic amines is 1. The second-order valence-electron chi connectivity index (χ2n) is 6.35. The summed E-state index contributed by atoms with van der Waals surface area (Å²) >= 11 is 11.9. The van der Waals surface area contributed by atoms with Crippen LogP contribution >= 0.6 is 23.2 Å². The van der Waals surface area contributed by atoms with Crippen LogP contribution in [0.1, 0.15) is 5.69 Å². The van der Waals surface area contributed by atoms with E-state index < -0.39 is 46.4 Å². The molecule has 0 radical (unpaired) electrons. The van der Waals surface area contributed by atoms with Crippen molar-refractivity contribution in [3.8, 4) is 5.69 Å². The van der Waals surface area contributed by atoms with E-state index in [9.17, 15) is 30.7 Å². The number of nitrogens with zero attached hydrogens (tertiary/aromatic N) is 3. The van der Waals surface area contributed by atoms with Crippen LogP contribution in [0.5, 0.6) is 0 Å². The van der Waals surface area contributed by atoms with Crippen molar-refractivity contribution >= 4 is 49.1 Å². The summed E-state index contributed by atoms with van der Waals surface area (Å²) in [4.78, 5) is 11.7. The summed E-state index contributed by atoms with van der Waals surface area (Å²) in [6.45, 7) is 1.48. The molecular formula is C16H14Cl2N4O7S2. The lowest BCUT2D eigenvalue weighted by atomic mass is 10.1. The number of nitrogens with one attached hydrogen (secondary N) is 1. The molecule has 166 valence electrons. The zero-order valence-corrected chi connectivity index (χ0v) is 18.6. The molecule has 0 bridgehead atoms. The van der Waals surface area contributed by atoms with E-state index in [0.717, 1.165) is 22.9 Å². The van der Waals surface area contributed by atoms with Crippen LogP contribution in [0.3, 0.4) is 0 Å². The Morgan fingerprint density at radius 3 is 2.29 bits per heavy atom. The summed E-state index contributed by atoms with van der Waals surface area (Å²) in [6.07, 6.45) is 2.17. The zero-order valence-electron chi connectivity index (χ0n) is 15.5. The molecule has 0 saturated heterocycles. The first kappa shape index (κ1) is 23.4. The van der Waals surface area contributed by atoms with E-state index in [-0.39, 0.29) is 22.8 Å². The van der Waals surface area contributed by atoms with Gasteiger partial charge in [-0.1, -0.05) is 6.07 Å². The number of aryl methyl sites for hydroxylation is 1. The number of allylic oxidation sites excluding steroid dienone is 2. The van der Waals surface area contributed by atoms with Gasteiger partial charge in [-0.2, -0.15) is 16.8 Å². The molecule has 2 unspecified atom stereocenters. The maximum atomic E-state index is 12.7. The summed E-state index contributed by atoms with van der Waals surface area (Å²) in [5.74, 6) is 0. The van der Waals surface area contributed by atoms with Gasteiger partial charge in [0.25, 0.3) is 25.8 Å². The highest BCUT2D eigenvalue weighted by atomic mass is 35.5. The molecule has 0 fully saturated rings. The second-order valence-corrected chi connectivity index (χ2v) is 10.2. The molecule has 1 aromatic heterocycles. The van der Waals surface area contributed by atoms with E-state index in [2.05, 4.69) is 15.3 Å². The molecule has 1 heterocycles. The summed E-state index contributed by atoms with van der Waals surface area (Å²) < 4.78 is 65.4. The van der Waals surface area contributed by atoms with Gasteiger partial charge in [0.05, 0.1) is 27.0 Å². The molecule has 1 aliphatic carbocycles. The van der Waals surface area contributed by atoms with Gasteiger partial charge >= 0.3 is 0 Å². The fraction of sp³-hybridized carbons (Fsp3) is 0.188. The number of halogens is 2. The summed E-state index contributed by atoms with van der Waals surface area (Å²) in [7, 11) is -9.18. The van der Waals surface area contributed by atoms with Gasteiger partial charge in [-0.15, -0.1) is 33.4 Å². The van der Waals surface area contributed by atoms with Crippen LogP contribution in [0.2, 0.25) is 0 Å². The van der Waals surface area contributed by atoms with Gasteiger partial charge in [-0.3, -0.25) is 19.0 Å².